The van der Waals surface area contributed by atoms with Crippen LogP contribution in [0.3, 0.4) is 0 Å². The highest BCUT2D eigenvalue weighted by Gasteiger charge is 2.52. The van der Waals surface area contributed by atoms with Crippen molar-refractivity contribution in [1.82, 2.24) is 29.7 Å². The number of oxime groups is 1. The minimum Gasteiger partial charge on any atom is -0.496 e. The molecule has 570 valence electrons. The summed E-state index contributed by atoms with van der Waals surface area (Å²) >= 11 is 7.57. The molecule has 2 atom stereocenters. The van der Waals surface area contributed by atoms with Crippen molar-refractivity contribution in [3.63, 3.8) is 0 Å². The highest BCUT2D eigenvalue weighted by Crippen LogP contribution is 2.56. The molecular weight excluding hydrogens is 1390 g/mol. The van der Waals surface area contributed by atoms with Crippen LogP contribution in [0.25, 0.3) is 0 Å². The fourth-order valence-corrected chi connectivity index (χ4v) is 17.6. The number of nitrogen functional groups attached to an aromatic ring is 2. The van der Waals surface area contributed by atoms with E-state index in [0.717, 1.165) is 139 Å². The number of pyridine rings is 1. The zero-order valence-corrected chi connectivity index (χ0v) is 65.1. The zero-order chi connectivity index (χ0) is 76.5. The van der Waals surface area contributed by atoms with E-state index in [1.54, 1.807) is 56.7 Å². The zero-order valence-electron chi connectivity index (χ0n) is 63.6. The number of ether oxygens (including phenoxy) is 7. The van der Waals surface area contributed by atoms with Crippen LogP contribution < -0.4 is 46.8 Å². The normalized spacial score (nSPS) is 20.2. The van der Waals surface area contributed by atoms with Crippen LogP contribution in [0.15, 0.2) is 106 Å². The molecule has 14 rings (SSSR count). The van der Waals surface area contributed by atoms with Crippen LogP contribution in [-0.2, 0) is 39.9 Å². The molecule has 8 aliphatic rings. The van der Waals surface area contributed by atoms with Crippen LogP contribution in [0.2, 0.25) is 5.02 Å². The molecule has 2 unspecified atom stereocenters. The van der Waals surface area contributed by atoms with Gasteiger partial charge in [0.05, 0.1) is 50.9 Å². The van der Waals surface area contributed by atoms with Crippen molar-refractivity contribution in [3.05, 3.63) is 141 Å². The highest BCUT2D eigenvalue weighted by molar-refractivity contribution is 7.99. The predicted molar refractivity (Wildman–Crippen MR) is 410 cm³/mol. The second-order valence-corrected chi connectivity index (χ2v) is 33.6. The first-order chi connectivity index (χ1) is 50.2. The molecule has 9 N–H and O–H groups in total. The van der Waals surface area contributed by atoms with Crippen molar-refractivity contribution in [2.24, 2.45) is 38.3 Å². The number of benzene rings is 4. The lowest BCUT2D eigenvalue weighted by molar-refractivity contribution is 0.00763. The van der Waals surface area contributed by atoms with E-state index < -0.39 is 22.2 Å². The standard InChI is InChI=1S/C23H26ClN7OS.C19H26N2O4.C19H28N2O3.C19H25NO4/c1-32-14-4-2-3-13-11-23(19(25)17(13)14)6-9-31(10-7-23)16-12-29-22(21(27)30-16)33-15-5-8-28-20(26)18(15)24;1-18(2,3)25-17(22)21-10-8-19(9-11-21)12-13-6-5-7-14(24-4)15(13)16(19)20-23;1-18(2,3)24-17(22)21-10-8-19(9-11-21)12-13-6-5-7-14(23-4)15(13)16(19)20;1-18(2,3)24-17(22)20-10-8-19(9-11-20)12-13-6-5-7-14(23-4)15(13)16(19)21/h2-5,8,12,19H,6-7,9-11,25H2,1H3,(H2,26,28)(H2,27,30);5-7,23H,8-12H2,1-4H3;5-7,16H,8-12,20H2,1-4H3;5-7H,8-12H2,1-4H3/b;20-16+;;. The molecule has 4 aromatic carbocycles. The Morgan fingerprint density at radius 1 is 0.528 bits per heavy atom. The number of Topliss-reactive ketones (excluding diaryl/α,β-unsaturated/α-hetero) is 1. The summed E-state index contributed by atoms with van der Waals surface area (Å²) in [7, 11) is 6.62. The first-order valence-electron chi connectivity index (χ1n) is 36.5. The van der Waals surface area contributed by atoms with Gasteiger partial charge >= 0.3 is 18.3 Å². The van der Waals surface area contributed by atoms with Gasteiger partial charge in [0.2, 0.25) is 0 Å². The maximum absolute atomic E-state index is 13.0. The molecule has 3 amide bonds. The number of aromatic nitrogens is 3. The number of hydrogen-bond donors (Lipinski definition) is 5. The Morgan fingerprint density at radius 2 is 0.925 bits per heavy atom. The van der Waals surface area contributed by atoms with Crippen molar-refractivity contribution in [3.8, 4) is 23.0 Å². The third-order valence-corrected chi connectivity index (χ3v) is 23.7. The van der Waals surface area contributed by atoms with Gasteiger partial charge in [-0.3, -0.25) is 4.79 Å². The van der Waals surface area contributed by atoms with Gasteiger partial charge in [0, 0.05) is 103 Å². The summed E-state index contributed by atoms with van der Waals surface area (Å²) < 4.78 is 38.3. The summed E-state index contributed by atoms with van der Waals surface area (Å²) in [5.74, 6) is 4.73. The van der Waals surface area contributed by atoms with Crippen LogP contribution in [-0.4, -0.2) is 162 Å². The van der Waals surface area contributed by atoms with E-state index in [1.165, 1.54) is 22.9 Å². The van der Waals surface area contributed by atoms with E-state index in [4.69, 9.17) is 67.7 Å². The van der Waals surface area contributed by atoms with Crippen molar-refractivity contribution >= 4 is 70.6 Å². The van der Waals surface area contributed by atoms with E-state index in [9.17, 15) is 24.4 Å². The van der Waals surface area contributed by atoms with Crippen molar-refractivity contribution < 1.29 is 57.5 Å². The largest absolute Gasteiger partial charge is 0.496 e. The van der Waals surface area contributed by atoms with E-state index in [1.807, 2.05) is 122 Å². The summed E-state index contributed by atoms with van der Waals surface area (Å²) in [6.45, 7) is 22.2. The number of carbonyl (C=O) groups is 4. The molecular formula is C80H105ClN12O12S. The van der Waals surface area contributed by atoms with Crippen LogP contribution >= 0.6 is 23.4 Å². The molecule has 0 radical (unpaired) electrons. The van der Waals surface area contributed by atoms with Crippen LogP contribution in [0.4, 0.5) is 31.8 Å². The smallest absolute Gasteiger partial charge is 0.410 e. The number of hydrogen-bond acceptors (Lipinski definition) is 22. The number of methoxy groups -OCH3 is 4. The molecule has 4 aliphatic heterocycles. The molecule has 4 spiro atoms. The number of piperidine rings is 4. The Balaban J connectivity index is 0.000000143. The maximum atomic E-state index is 13.0. The summed E-state index contributed by atoms with van der Waals surface area (Å²) in [6.07, 6.45) is 12.6. The highest BCUT2D eigenvalue weighted by atomic mass is 35.5. The Hall–Kier alpha value is -8.78. The molecule has 26 heteroatoms. The number of fused-ring (bicyclic) bond motifs is 4. The van der Waals surface area contributed by atoms with Crippen molar-refractivity contribution in [1.29, 1.82) is 0 Å². The summed E-state index contributed by atoms with van der Waals surface area (Å²) in [5.41, 5.74) is 32.8. The molecule has 4 aliphatic carbocycles. The first kappa shape index (κ1) is 78.3. The van der Waals surface area contributed by atoms with Gasteiger partial charge in [0.25, 0.3) is 0 Å². The van der Waals surface area contributed by atoms with Gasteiger partial charge in [0.1, 0.15) is 56.5 Å². The quantitative estimate of drug-likeness (QED) is 0.0563. The number of anilines is 3. The van der Waals surface area contributed by atoms with Crippen molar-refractivity contribution in [2.75, 3.05) is 97.2 Å². The van der Waals surface area contributed by atoms with Gasteiger partial charge in [-0.25, -0.2) is 29.3 Å². The van der Waals surface area contributed by atoms with Gasteiger partial charge in [-0.15, -0.1) is 0 Å². The molecule has 6 aromatic rings. The van der Waals surface area contributed by atoms with Crippen LogP contribution in [0, 0.1) is 21.7 Å². The predicted octanol–water partition coefficient (Wildman–Crippen LogP) is 13.9. The number of carbonyl (C=O) groups excluding carboxylic acids is 4. The second-order valence-electron chi connectivity index (χ2n) is 32.2. The topological polar surface area (TPSA) is 321 Å². The molecule has 106 heavy (non-hydrogen) atoms. The fraction of sp³-hybridized carbons (Fsp3) is 0.525. The molecule has 2 aromatic heterocycles. The number of ketones is 1. The van der Waals surface area contributed by atoms with Gasteiger partial charge in [-0.05, 0) is 203 Å². The lowest BCUT2D eigenvalue weighted by Crippen LogP contribution is -2.47. The lowest BCUT2D eigenvalue weighted by atomic mass is 9.73. The number of amides is 3. The van der Waals surface area contributed by atoms with E-state index in [-0.39, 0.29) is 58.2 Å². The molecule has 0 saturated carbocycles. The number of nitrogens with two attached hydrogens (primary N) is 4. The van der Waals surface area contributed by atoms with Gasteiger partial charge in [0.15, 0.2) is 11.6 Å². The summed E-state index contributed by atoms with van der Waals surface area (Å²) in [4.78, 5) is 71.2. The van der Waals surface area contributed by atoms with Gasteiger partial charge < -0.3 is 80.9 Å². The maximum Gasteiger partial charge on any atom is 0.410 e. The van der Waals surface area contributed by atoms with E-state index >= 15 is 0 Å². The monoisotopic (exact) mass is 1490 g/mol. The number of halogens is 1. The Kier molecular flexibility index (Phi) is 23.0. The minimum absolute atomic E-state index is 0.0233. The summed E-state index contributed by atoms with van der Waals surface area (Å²) in [6, 6.07) is 25.8. The van der Waals surface area contributed by atoms with Crippen molar-refractivity contribution in [2.45, 2.75) is 178 Å². The third-order valence-electron chi connectivity index (χ3n) is 22.1. The molecule has 24 nitrogen and oxygen atoms in total. The molecule has 4 fully saturated rings. The van der Waals surface area contributed by atoms with Gasteiger partial charge in [-0.2, -0.15) is 0 Å². The Bertz CT molecular complexity index is 4260. The average Bonchev–Trinajstić information content (AvgIpc) is 1.61. The third kappa shape index (κ3) is 16.4. The molecule has 4 saturated heterocycles. The number of nitrogens with zero attached hydrogens (tertiary/aromatic N) is 8. The Labute approximate surface area is 631 Å². The van der Waals surface area contributed by atoms with Crippen LogP contribution in [0.5, 0.6) is 23.0 Å². The number of likely N-dealkylation sites (tertiary alicyclic amines) is 3. The fourth-order valence-electron chi connectivity index (χ4n) is 16.6. The van der Waals surface area contributed by atoms with Gasteiger partial charge in [-0.1, -0.05) is 77.0 Å². The second kappa shape index (κ2) is 31.2. The lowest BCUT2D eigenvalue weighted by Gasteiger charge is -2.42. The van der Waals surface area contributed by atoms with E-state index in [0.29, 0.717) is 79.4 Å². The molecule has 6 heterocycles. The van der Waals surface area contributed by atoms with Crippen LogP contribution in [0.1, 0.15) is 175 Å². The molecule has 0 bridgehead atoms. The average molecular weight is 1490 g/mol. The number of rotatable bonds is 7. The first-order valence-corrected chi connectivity index (χ1v) is 37.7. The Morgan fingerprint density at radius 3 is 1.36 bits per heavy atom. The summed E-state index contributed by atoms with van der Waals surface area (Å²) in [5, 5.41) is 14.3. The minimum atomic E-state index is -0.501. The SMILES string of the molecule is COc1cccc2c1/C(=N\O)C1(CCN(C(=O)OC(C)(C)C)CC1)C2.COc1cccc2c1C(=O)C1(CCN(C(=O)OC(C)(C)C)CC1)C2.COc1cccc2c1C(N)C1(CCN(C(=O)OC(C)(C)C)CC1)C2.COc1cccc2c1C(N)C1(CCN(c3cnc(Sc4ccnc(N)c4Cl)c(N)n3)CC1)C2. The van der Waals surface area contributed by atoms with E-state index in [2.05, 4.69) is 43.2 Å².